The van der Waals surface area contributed by atoms with Gasteiger partial charge in [0.1, 0.15) is 23.7 Å². The minimum Gasteiger partial charge on any atom is -0.488 e. The van der Waals surface area contributed by atoms with Gasteiger partial charge in [0.15, 0.2) is 0 Å². The van der Waals surface area contributed by atoms with Gasteiger partial charge in [-0.3, -0.25) is 0 Å². The summed E-state index contributed by atoms with van der Waals surface area (Å²) in [4.78, 5) is 2.47. The van der Waals surface area contributed by atoms with Crippen LogP contribution in [0.25, 0.3) is 5.57 Å². The Morgan fingerprint density at radius 1 is 0.683 bits per heavy atom. The van der Waals surface area contributed by atoms with Gasteiger partial charge in [0.2, 0.25) is 0 Å². The molecule has 0 radical (unpaired) electrons. The van der Waals surface area contributed by atoms with Crippen LogP contribution in [0.1, 0.15) is 45.6 Å². The lowest BCUT2D eigenvalue weighted by Crippen LogP contribution is -2.40. The number of rotatable bonds is 3. The lowest BCUT2D eigenvalue weighted by Gasteiger charge is -2.37. The van der Waals surface area contributed by atoms with E-state index < -0.39 is 0 Å². The number of nitrogens with one attached hydrogen (secondary N) is 1. The zero-order chi connectivity index (χ0) is 27.1. The van der Waals surface area contributed by atoms with Crippen molar-refractivity contribution < 1.29 is 9.47 Å². The molecule has 4 heteroatoms. The van der Waals surface area contributed by atoms with Gasteiger partial charge in [0, 0.05) is 51.9 Å². The van der Waals surface area contributed by atoms with Gasteiger partial charge in [0.05, 0.1) is 11.7 Å². The minimum absolute atomic E-state index is 0.0155. The molecule has 0 amide bonds. The third kappa shape index (κ3) is 3.19. The van der Waals surface area contributed by atoms with Crippen molar-refractivity contribution in [3.63, 3.8) is 0 Å². The topological polar surface area (TPSA) is 45.5 Å². The number of nitrogens with zero attached hydrogens (tertiary/aromatic N) is 1. The minimum atomic E-state index is 0.0155. The largest absolute Gasteiger partial charge is 0.488 e. The molecule has 41 heavy (non-hydrogen) atoms. The molecule has 0 bridgehead atoms. The van der Waals surface area contributed by atoms with Crippen molar-refractivity contribution in [1.29, 1.82) is 5.41 Å². The zero-order valence-electron chi connectivity index (χ0n) is 22.4. The third-order valence-corrected chi connectivity index (χ3v) is 9.48. The van der Waals surface area contributed by atoms with E-state index in [0.29, 0.717) is 0 Å². The van der Waals surface area contributed by atoms with Crippen molar-refractivity contribution >= 4 is 23.2 Å². The maximum Gasteiger partial charge on any atom is 0.128 e. The molecule has 5 aliphatic rings. The fourth-order valence-corrected chi connectivity index (χ4v) is 7.75. The maximum atomic E-state index is 8.44. The summed E-state index contributed by atoms with van der Waals surface area (Å²) in [6, 6.07) is 32.0. The van der Waals surface area contributed by atoms with Crippen molar-refractivity contribution in [2.45, 2.75) is 36.0 Å². The molecule has 2 aliphatic carbocycles. The number of anilines is 2. The fourth-order valence-electron chi connectivity index (χ4n) is 7.75. The number of hydrogen-bond acceptors (Lipinski definition) is 4. The average Bonchev–Trinajstić information content (AvgIpc) is 3.69. The lowest BCUT2D eigenvalue weighted by atomic mass is 9.77. The van der Waals surface area contributed by atoms with E-state index in [1.807, 2.05) is 6.07 Å². The first kappa shape index (κ1) is 22.9. The molecule has 6 atom stereocenters. The van der Waals surface area contributed by atoms with Crippen LogP contribution < -0.4 is 14.4 Å². The molecule has 198 valence electrons. The molecule has 0 saturated heterocycles. The second kappa shape index (κ2) is 8.58. The fraction of sp³-hybridized carbons (Fsp3) is 0.162. The summed E-state index contributed by atoms with van der Waals surface area (Å²) in [6.45, 7) is 0. The van der Waals surface area contributed by atoms with Crippen molar-refractivity contribution in [3.8, 4) is 11.5 Å². The summed E-state index contributed by atoms with van der Waals surface area (Å²) in [6.07, 6.45) is 13.0. The molecule has 6 unspecified atom stereocenters. The number of hydrogen-bond donors (Lipinski definition) is 1. The van der Waals surface area contributed by atoms with E-state index in [-0.39, 0.29) is 36.0 Å². The zero-order valence-corrected chi connectivity index (χ0v) is 22.4. The quantitative estimate of drug-likeness (QED) is 0.215. The van der Waals surface area contributed by atoms with Gasteiger partial charge in [0.25, 0.3) is 0 Å². The van der Waals surface area contributed by atoms with Crippen LogP contribution in [-0.4, -0.2) is 24.5 Å². The third-order valence-electron chi connectivity index (χ3n) is 9.48. The normalized spacial score (nSPS) is 27.4. The molecular formula is C37H28N2O2. The Kier molecular flexibility index (Phi) is 4.80. The molecule has 0 saturated carbocycles. The van der Waals surface area contributed by atoms with Gasteiger partial charge in [-0.25, -0.2) is 0 Å². The highest BCUT2D eigenvalue weighted by molar-refractivity contribution is 5.97. The maximum absolute atomic E-state index is 8.44. The Morgan fingerprint density at radius 2 is 1.41 bits per heavy atom. The van der Waals surface area contributed by atoms with E-state index in [2.05, 4.69) is 120 Å². The van der Waals surface area contributed by atoms with Gasteiger partial charge in [-0.15, -0.1) is 0 Å². The number of ether oxygens (including phenoxy) is 2. The van der Waals surface area contributed by atoms with Gasteiger partial charge < -0.3 is 19.8 Å². The Labute approximate surface area is 239 Å². The number of fused-ring (bicyclic) bond motifs is 10. The van der Waals surface area contributed by atoms with Crippen LogP contribution in [0, 0.1) is 5.41 Å². The lowest BCUT2D eigenvalue weighted by molar-refractivity contribution is 0.176. The summed E-state index contributed by atoms with van der Waals surface area (Å²) < 4.78 is 12.9. The SMILES string of the molecule is N=Cc1cccc(C2=CC3c4ccccc4OC3C=C2)c1N1c2ccccc2C2C3Oc4ccccc4C3C=CC21. The number of para-hydroxylation sites is 4. The van der Waals surface area contributed by atoms with Crippen LogP contribution in [0.5, 0.6) is 11.5 Å². The molecule has 3 aliphatic heterocycles. The monoisotopic (exact) mass is 532 g/mol. The van der Waals surface area contributed by atoms with Crippen molar-refractivity contribution in [2.24, 2.45) is 0 Å². The summed E-state index contributed by atoms with van der Waals surface area (Å²) >= 11 is 0. The molecular weight excluding hydrogens is 504 g/mol. The Balaban J connectivity index is 1.20. The number of benzene rings is 4. The van der Waals surface area contributed by atoms with Crippen LogP contribution in [0.4, 0.5) is 11.4 Å². The smallest absolute Gasteiger partial charge is 0.128 e. The number of allylic oxidation sites excluding steroid dienone is 2. The van der Waals surface area contributed by atoms with Crippen LogP contribution in [0.2, 0.25) is 0 Å². The average molecular weight is 533 g/mol. The van der Waals surface area contributed by atoms with E-state index in [9.17, 15) is 0 Å². The van der Waals surface area contributed by atoms with Gasteiger partial charge in [-0.2, -0.15) is 0 Å². The summed E-state index contributed by atoms with van der Waals surface area (Å²) in [5, 5.41) is 8.44. The Hall–Kier alpha value is -4.83. The molecule has 0 fully saturated rings. The van der Waals surface area contributed by atoms with E-state index in [1.165, 1.54) is 28.6 Å². The van der Waals surface area contributed by atoms with Crippen molar-refractivity contribution in [2.75, 3.05) is 4.90 Å². The van der Waals surface area contributed by atoms with Gasteiger partial charge >= 0.3 is 0 Å². The van der Waals surface area contributed by atoms with Crippen LogP contribution in [0.3, 0.4) is 0 Å². The molecule has 4 nitrogen and oxygen atoms in total. The second-order valence-corrected chi connectivity index (χ2v) is 11.5. The van der Waals surface area contributed by atoms with Crippen LogP contribution in [-0.2, 0) is 0 Å². The molecule has 4 aromatic carbocycles. The Morgan fingerprint density at radius 3 is 2.24 bits per heavy atom. The van der Waals surface area contributed by atoms with Crippen molar-refractivity contribution in [1.82, 2.24) is 0 Å². The first-order valence-electron chi connectivity index (χ1n) is 14.4. The molecule has 3 heterocycles. The summed E-state index contributed by atoms with van der Waals surface area (Å²) in [5.41, 5.74) is 9.27. The highest BCUT2D eigenvalue weighted by Gasteiger charge is 2.51. The Bertz CT molecular complexity index is 1830. The van der Waals surface area contributed by atoms with E-state index in [4.69, 9.17) is 14.9 Å². The highest BCUT2D eigenvalue weighted by atomic mass is 16.5. The first-order valence-corrected chi connectivity index (χ1v) is 14.4. The summed E-state index contributed by atoms with van der Waals surface area (Å²) in [5.74, 6) is 2.54. The predicted octanol–water partition coefficient (Wildman–Crippen LogP) is 7.90. The molecule has 0 spiro atoms. The second-order valence-electron chi connectivity index (χ2n) is 11.5. The van der Waals surface area contributed by atoms with E-state index in [0.717, 1.165) is 33.9 Å². The van der Waals surface area contributed by atoms with Gasteiger partial charge in [-0.1, -0.05) is 97.1 Å². The highest BCUT2D eigenvalue weighted by Crippen LogP contribution is 2.57. The van der Waals surface area contributed by atoms with Crippen LogP contribution in [0.15, 0.2) is 121 Å². The molecule has 4 aromatic rings. The van der Waals surface area contributed by atoms with Crippen LogP contribution >= 0.6 is 0 Å². The molecule has 1 N–H and O–H groups in total. The van der Waals surface area contributed by atoms with Gasteiger partial charge in [-0.05, 0) is 35.4 Å². The predicted molar refractivity (Wildman–Crippen MR) is 163 cm³/mol. The van der Waals surface area contributed by atoms with E-state index >= 15 is 0 Å². The molecule has 9 rings (SSSR count). The van der Waals surface area contributed by atoms with E-state index in [1.54, 1.807) is 0 Å². The first-order chi connectivity index (χ1) is 20.3. The van der Waals surface area contributed by atoms with Crippen molar-refractivity contribution in [3.05, 3.63) is 149 Å². The molecule has 0 aromatic heterocycles. The summed E-state index contributed by atoms with van der Waals surface area (Å²) in [7, 11) is 0. The standard InChI is InChI=1S/C37H28N2O2/c38-21-23-8-7-12-24(22-16-19-34-29(20-22)26-10-3-5-14-32(26)40-34)36(23)39-30-13-4-1-11-28(30)35-31(39)18-17-27-25-9-2-6-15-33(25)41-37(27)35/h1-21,27,29,31,34-35,37-38H.